The van der Waals surface area contributed by atoms with Gasteiger partial charge in [-0.25, -0.2) is 23.9 Å². The molecule has 3 amide bonds. The fraction of sp³-hybridized carbons (Fsp3) is 0.378. The van der Waals surface area contributed by atoms with Crippen LogP contribution in [0.5, 0.6) is 5.75 Å². The molecule has 1 aromatic heterocycles. The smallest absolute Gasteiger partial charge is 0.410 e. The number of aromatic amines is 1. The second-order valence-corrected chi connectivity index (χ2v) is 14.9. The summed E-state index contributed by atoms with van der Waals surface area (Å²) in [5.41, 5.74) is 3.81. The van der Waals surface area contributed by atoms with Gasteiger partial charge in [0.1, 0.15) is 30.3 Å². The Hall–Kier alpha value is -5.51. The lowest BCUT2D eigenvalue weighted by Gasteiger charge is -2.26. The second kappa shape index (κ2) is 18.2. The van der Waals surface area contributed by atoms with E-state index >= 15 is 0 Å². The van der Waals surface area contributed by atoms with Gasteiger partial charge in [0, 0.05) is 42.3 Å². The number of nitrogens with zero attached hydrogens (tertiary/aromatic N) is 1. The maximum Gasteiger partial charge on any atom is 0.410 e. The minimum atomic E-state index is -4.17. The van der Waals surface area contributed by atoms with E-state index < -0.39 is 49.7 Å². The molecule has 0 saturated carbocycles. The molecule has 0 fully saturated rings. The largest absolute Gasteiger partial charge is 0.480 e. The monoisotopic (exact) mass is 784 g/mol. The van der Waals surface area contributed by atoms with Crippen LogP contribution >= 0.6 is 7.67 Å². The number of fused-ring (bicyclic) bond motifs is 1. The number of nitrogens with one attached hydrogen (secondary N) is 5. The van der Waals surface area contributed by atoms with Gasteiger partial charge in [-0.15, -0.1) is 0 Å². The Morgan fingerprint density at radius 2 is 1.69 bits per heavy atom. The number of H-pyrrole nitrogens is 1. The first-order valence-corrected chi connectivity index (χ1v) is 19.1. The SMILES string of the molecule is CCN(CCNC(=O)c1c(C)[nH]c(/C=C2\C(=O)Nc3ccc(F)cc32)c1C)C(=O)OCc1ccc(OP(=O)(N[C@@H](C)C(=O)O)N[C@@H](C)C(=O)OC(C)C)cc1. The molecule has 2 heterocycles. The number of carbonyl (C=O) groups excluding carboxylic acids is 4. The van der Waals surface area contributed by atoms with Gasteiger partial charge >= 0.3 is 25.7 Å². The molecule has 3 aromatic rings. The lowest BCUT2D eigenvalue weighted by molar-refractivity contribution is -0.149. The van der Waals surface area contributed by atoms with Gasteiger partial charge in [-0.2, -0.15) is 0 Å². The molecule has 0 saturated heterocycles. The number of aromatic nitrogens is 1. The van der Waals surface area contributed by atoms with Crippen LogP contribution in [0, 0.1) is 19.7 Å². The van der Waals surface area contributed by atoms with Crippen LogP contribution in [-0.4, -0.2) is 82.7 Å². The number of carbonyl (C=O) groups is 5. The Balaban J connectivity index is 1.32. The number of aryl methyl sites for hydroxylation is 1. The van der Waals surface area contributed by atoms with Crippen molar-refractivity contribution in [3.63, 3.8) is 0 Å². The minimum Gasteiger partial charge on any atom is -0.480 e. The van der Waals surface area contributed by atoms with Crippen LogP contribution in [0.15, 0.2) is 42.5 Å². The van der Waals surface area contributed by atoms with Crippen LogP contribution in [0.25, 0.3) is 11.6 Å². The third-order valence-corrected chi connectivity index (χ3v) is 10.3. The summed E-state index contributed by atoms with van der Waals surface area (Å²) in [6.45, 7) is 11.6. The Kier molecular flexibility index (Phi) is 14.0. The fourth-order valence-electron chi connectivity index (χ4n) is 5.55. The lowest BCUT2D eigenvalue weighted by atomic mass is 10.0. The topological polar surface area (TPSA) is 217 Å². The van der Waals surface area contributed by atoms with Crippen molar-refractivity contribution < 1.29 is 52.0 Å². The van der Waals surface area contributed by atoms with Crippen LogP contribution < -0.4 is 25.3 Å². The van der Waals surface area contributed by atoms with E-state index in [1.54, 1.807) is 52.8 Å². The molecule has 1 unspecified atom stereocenters. The number of ether oxygens (including phenoxy) is 2. The number of likely N-dealkylation sites (N-methyl/N-ethyl adjacent to an activating group) is 1. The molecular formula is C37H46FN6O10P. The highest BCUT2D eigenvalue weighted by atomic mass is 31.2. The van der Waals surface area contributed by atoms with Gasteiger partial charge in [-0.1, -0.05) is 12.1 Å². The minimum absolute atomic E-state index is 0.0766. The maximum atomic E-state index is 13.9. The molecule has 3 atom stereocenters. The van der Waals surface area contributed by atoms with Crippen molar-refractivity contribution in [2.75, 3.05) is 25.0 Å². The van der Waals surface area contributed by atoms with E-state index in [1.165, 1.54) is 49.1 Å². The molecule has 296 valence electrons. The Bertz CT molecular complexity index is 2010. The maximum absolute atomic E-state index is 13.9. The molecule has 4 rings (SSSR count). The third-order valence-electron chi connectivity index (χ3n) is 8.39. The summed E-state index contributed by atoms with van der Waals surface area (Å²) in [5, 5.41) is 19.8. The molecule has 55 heavy (non-hydrogen) atoms. The number of halogens is 1. The van der Waals surface area contributed by atoms with Gasteiger partial charge < -0.3 is 39.6 Å². The Morgan fingerprint density at radius 1 is 1.02 bits per heavy atom. The van der Waals surface area contributed by atoms with E-state index in [4.69, 9.17) is 14.0 Å². The van der Waals surface area contributed by atoms with E-state index in [2.05, 4.69) is 25.8 Å². The first kappa shape index (κ1) is 42.2. The molecule has 0 spiro atoms. The summed E-state index contributed by atoms with van der Waals surface area (Å²) < 4.78 is 43.8. The average molecular weight is 785 g/mol. The first-order valence-electron chi connectivity index (χ1n) is 17.5. The summed E-state index contributed by atoms with van der Waals surface area (Å²) in [7, 11) is -4.17. The van der Waals surface area contributed by atoms with Gasteiger partial charge in [-0.3, -0.25) is 19.2 Å². The van der Waals surface area contributed by atoms with E-state index in [1.807, 2.05) is 0 Å². The van der Waals surface area contributed by atoms with Crippen LogP contribution in [0.2, 0.25) is 0 Å². The van der Waals surface area contributed by atoms with E-state index in [0.29, 0.717) is 45.9 Å². The average Bonchev–Trinajstić information content (AvgIpc) is 3.57. The number of esters is 1. The predicted molar refractivity (Wildman–Crippen MR) is 202 cm³/mol. The number of carboxylic acid groups (broad SMARTS) is 1. The first-order chi connectivity index (χ1) is 25.9. The van der Waals surface area contributed by atoms with Crippen molar-refractivity contribution in [1.29, 1.82) is 0 Å². The highest BCUT2D eigenvalue weighted by molar-refractivity contribution is 7.55. The summed E-state index contributed by atoms with van der Waals surface area (Å²) in [5.74, 6) is -3.17. The molecular weight excluding hydrogens is 738 g/mol. The fourth-order valence-corrected chi connectivity index (χ4v) is 7.39. The van der Waals surface area contributed by atoms with E-state index in [-0.39, 0.29) is 42.8 Å². The summed E-state index contributed by atoms with van der Waals surface area (Å²) in [4.78, 5) is 67.0. The zero-order valence-corrected chi connectivity index (χ0v) is 32.5. The zero-order chi connectivity index (χ0) is 40.6. The lowest BCUT2D eigenvalue weighted by Crippen LogP contribution is -2.43. The number of hydrogen-bond donors (Lipinski definition) is 6. The number of aliphatic carboxylic acids is 1. The number of carboxylic acids is 1. The van der Waals surface area contributed by atoms with Gasteiger partial charge in [0.15, 0.2) is 0 Å². The van der Waals surface area contributed by atoms with E-state index in [9.17, 15) is 38.0 Å². The van der Waals surface area contributed by atoms with Crippen LogP contribution in [0.1, 0.15) is 73.1 Å². The van der Waals surface area contributed by atoms with Crippen molar-refractivity contribution in [2.24, 2.45) is 0 Å². The van der Waals surface area contributed by atoms with Crippen molar-refractivity contribution in [3.8, 4) is 5.75 Å². The standard InChI is InChI=1S/C37H46FN6O10P/c1-8-44(16-15-39-34(46)32-21(4)31(40-22(32)5)18-29-28-17-26(38)11-14-30(28)41-33(29)45)37(50)52-19-25-9-12-27(13-10-25)54-55(51,42-23(6)35(47)48)43-24(7)36(49)53-20(2)3/h9-14,17-18,20,23-24,40H,8,15-16,19H2,1-7H3,(H,39,46)(H,41,45)(H,47,48)(H2,42,43,51)/b29-18-/t23-,24-,55?/m0/s1. The van der Waals surface area contributed by atoms with E-state index in [0.717, 1.165) is 0 Å². The van der Waals surface area contributed by atoms with Gasteiger partial charge in [-0.05, 0) is 96.0 Å². The Labute approximate surface area is 317 Å². The molecule has 1 aliphatic heterocycles. The van der Waals surface area contributed by atoms with Gasteiger partial charge in [0.05, 0.1) is 17.2 Å². The Morgan fingerprint density at radius 3 is 2.33 bits per heavy atom. The molecule has 1 aliphatic rings. The highest BCUT2D eigenvalue weighted by Crippen LogP contribution is 2.40. The number of rotatable bonds is 17. The van der Waals surface area contributed by atoms with Crippen molar-refractivity contribution in [2.45, 2.75) is 73.3 Å². The van der Waals surface area contributed by atoms with Crippen molar-refractivity contribution >= 4 is 54.9 Å². The highest BCUT2D eigenvalue weighted by Gasteiger charge is 2.34. The molecule has 2 aromatic carbocycles. The third kappa shape index (κ3) is 11.0. The molecule has 0 aliphatic carbocycles. The van der Waals surface area contributed by atoms with Crippen LogP contribution in [-0.2, 0) is 35.0 Å². The molecule has 18 heteroatoms. The van der Waals surface area contributed by atoms with Crippen molar-refractivity contribution in [3.05, 3.63) is 81.9 Å². The van der Waals surface area contributed by atoms with Crippen LogP contribution in [0.4, 0.5) is 14.9 Å². The normalized spacial score (nSPS) is 15.1. The molecule has 6 N–H and O–H groups in total. The summed E-state index contributed by atoms with van der Waals surface area (Å²) >= 11 is 0. The molecule has 16 nitrogen and oxygen atoms in total. The van der Waals surface area contributed by atoms with Gasteiger partial charge in [0.25, 0.3) is 11.8 Å². The van der Waals surface area contributed by atoms with Crippen LogP contribution in [0.3, 0.4) is 0 Å². The van der Waals surface area contributed by atoms with Crippen molar-refractivity contribution in [1.82, 2.24) is 25.4 Å². The number of hydrogen-bond acceptors (Lipinski definition) is 9. The predicted octanol–water partition coefficient (Wildman–Crippen LogP) is 5.13. The number of amides is 3. The quantitative estimate of drug-likeness (QED) is 0.0597. The molecule has 0 bridgehead atoms. The molecule has 0 radical (unpaired) electrons. The zero-order valence-electron chi connectivity index (χ0n) is 31.6. The van der Waals surface area contributed by atoms with Gasteiger partial charge in [0.2, 0.25) is 0 Å². The number of anilines is 1. The summed E-state index contributed by atoms with van der Waals surface area (Å²) in [6.07, 6.45) is 0.525. The summed E-state index contributed by atoms with van der Waals surface area (Å²) in [6, 6.07) is 7.64. The second-order valence-electron chi connectivity index (χ2n) is 13.1. The number of benzene rings is 2.